The van der Waals surface area contributed by atoms with E-state index in [1.54, 1.807) is 60.8 Å². The van der Waals surface area contributed by atoms with Crippen LogP contribution in [0.3, 0.4) is 0 Å². The van der Waals surface area contributed by atoms with E-state index >= 15 is 0 Å². The van der Waals surface area contributed by atoms with E-state index in [2.05, 4.69) is 4.98 Å². The first-order valence-corrected chi connectivity index (χ1v) is 10.4. The summed E-state index contributed by atoms with van der Waals surface area (Å²) in [5, 5.41) is 10.2. The number of hydrogen-bond donors (Lipinski definition) is 2. The molecule has 5 nitrogen and oxygen atoms in total. The van der Waals surface area contributed by atoms with Crippen LogP contribution in [0.25, 0.3) is 22.3 Å². The van der Waals surface area contributed by atoms with Crippen molar-refractivity contribution in [2.45, 2.75) is 31.3 Å². The van der Waals surface area contributed by atoms with Gasteiger partial charge in [-0.15, -0.1) is 0 Å². The van der Waals surface area contributed by atoms with Gasteiger partial charge in [0.1, 0.15) is 22.9 Å². The highest BCUT2D eigenvalue weighted by molar-refractivity contribution is 5.87. The molecule has 32 heavy (non-hydrogen) atoms. The third-order valence-corrected chi connectivity index (χ3v) is 6.05. The van der Waals surface area contributed by atoms with Crippen LogP contribution in [0.15, 0.2) is 73.1 Å². The van der Waals surface area contributed by atoms with E-state index in [4.69, 9.17) is 10.7 Å². The molecule has 0 bridgehead atoms. The highest BCUT2D eigenvalue weighted by atomic mass is 19.3. The van der Waals surface area contributed by atoms with Gasteiger partial charge in [0.25, 0.3) is 6.08 Å². The third kappa shape index (κ3) is 3.44. The standard InChI is InChI=1S/C25H22F2N4O/c1-25(32)13-18(14-25)24-30-20(21-23(28)29-11-12-31(21)24)17-9-7-16(8-10-17)19(22(26)27)15-5-3-2-4-6-15/h2-12,18,32H,13-14H2,1H3,(H2,28,29)/t18-,25+. The molecule has 7 heteroatoms. The van der Waals surface area contributed by atoms with Crippen molar-refractivity contribution in [2.24, 2.45) is 0 Å². The zero-order valence-corrected chi connectivity index (χ0v) is 17.5. The van der Waals surface area contributed by atoms with Gasteiger partial charge in [0.2, 0.25) is 0 Å². The number of rotatable bonds is 4. The molecule has 0 amide bonds. The minimum atomic E-state index is -1.73. The lowest BCUT2D eigenvalue weighted by Gasteiger charge is -2.40. The van der Waals surface area contributed by atoms with Gasteiger partial charge in [0.05, 0.1) is 11.2 Å². The lowest BCUT2D eigenvalue weighted by molar-refractivity contribution is -0.0335. The average Bonchev–Trinajstić information content (AvgIpc) is 3.14. The molecule has 2 aromatic carbocycles. The summed E-state index contributed by atoms with van der Waals surface area (Å²) in [6, 6.07) is 15.5. The van der Waals surface area contributed by atoms with E-state index in [0.717, 1.165) is 11.4 Å². The SMILES string of the molecule is C[C@]1(O)C[C@@H](c2nc(-c3ccc(C(=C(F)F)c4ccccc4)cc3)c3c(N)nccn32)C1. The quantitative estimate of drug-likeness (QED) is 0.461. The molecule has 2 aromatic heterocycles. The van der Waals surface area contributed by atoms with Gasteiger partial charge >= 0.3 is 0 Å². The Morgan fingerprint density at radius 2 is 1.72 bits per heavy atom. The number of nitrogens with zero attached hydrogens (tertiary/aromatic N) is 3. The Hall–Kier alpha value is -3.58. The zero-order valence-electron chi connectivity index (χ0n) is 17.5. The number of aliphatic hydroxyl groups is 1. The van der Waals surface area contributed by atoms with Crippen molar-refractivity contribution in [1.82, 2.24) is 14.4 Å². The third-order valence-electron chi connectivity index (χ3n) is 6.05. The van der Waals surface area contributed by atoms with Crippen LogP contribution in [0.2, 0.25) is 0 Å². The predicted octanol–water partition coefficient (Wildman–Crippen LogP) is 5.26. The number of benzene rings is 2. The van der Waals surface area contributed by atoms with Crippen molar-refractivity contribution >= 4 is 16.9 Å². The summed E-state index contributed by atoms with van der Waals surface area (Å²) in [5.74, 6) is 1.27. The lowest BCUT2D eigenvalue weighted by atomic mass is 9.72. The summed E-state index contributed by atoms with van der Waals surface area (Å²) in [4.78, 5) is 9.06. The fourth-order valence-electron chi connectivity index (χ4n) is 4.55. The molecule has 0 saturated heterocycles. The number of nitrogens with two attached hydrogens (primary N) is 1. The molecule has 0 radical (unpaired) electrons. The molecule has 4 aromatic rings. The van der Waals surface area contributed by atoms with Crippen LogP contribution in [0.5, 0.6) is 0 Å². The summed E-state index contributed by atoms with van der Waals surface area (Å²) in [6.45, 7) is 1.82. The minimum Gasteiger partial charge on any atom is -0.390 e. The van der Waals surface area contributed by atoms with Crippen LogP contribution in [-0.4, -0.2) is 25.1 Å². The van der Waals surface area contributed by atoms with Crippen molar-refractivity contribution in [1.29, 1.82) is 0 Å². The van der Waals surface area contributed by atoms with Crippen molar-refractivity contribution in [3.05, 3.63) is 90.0 Å². The first-order valence-electron chi connectivity index (χ1n) is 10.4. The predicted molar refractivity (Wildman–Crippen MR) is 120 cm³/mol. The smallest absolute Gasteiger partial charge is 0.278 e. The number of aromatic nitrogens is 3. The van der Waals surface area contributed by atoms with Crippen molar-refractivity contribution in [3.63, 3.8) is 0 Å². The molecule has 2 heterocycles. The minimum absolute atomic E-state index is 0.0922. The highest BCUT2D eigenvalue weighted by Crippen LogP contribution is 2.45. The fraction of sp³-hybridized carbons (Fsp3) is 0.200. The number of fused-ring (bicyclic) bond motifs is 1. The summed E-state index contributed by atoms with van der Waals surface area (Å²) >= 11 is 0. The molecule has 162 valence electrons. The molecule has 1 aliphatic rings. The molecule has 0 unspecified atom stereocenters. The van der Waals surface area contributed by atoms with Crippen molar-refractivity contribution in [2.75, 3.05) is 5.73 Å². The van der Waals surface area contributed by atoms with Crippen LogP contribution < -0.4 is 5.73 Å². The van der Waals surface area contributed by atoms with Gasteiger partial charge in [-0.3, -0.25) is 4.40 Å². The lowest BCUT2D eigenvalue weighted by Crippen LogP contribution is -2.40. The first-order chi connectivity index (χ1) is 15.3. The summed E-state index contributed by atoms with van der Waals surface area (Å²) in [7, 11) is 0. The molecule has 1 saturated carbocycles. The van der Waals surface area contributed by atoms with Crippen molar-refractivity contribution in [3.8, 4) is 11.3 Å². The maximum Gasteiger partial charge on any atom is 0.278 e. The van der Waals surface area contributed by atoms with Crippen LogP contribution in [0, 0.1) is 0 Å². The van der Waals surface area contributed by atoms with E-state index in [1.807, 2.05) is 17.5 Å². The zero-order chi connectivity index (χ0) is 22.5. The second-order valence-electron chi connectivity index (χ2n) is 8.53. The van der Waals surface area contributed by atoms with Crippen molar-refractivity contribution < 1.29 is 13.9 Å². The number of anilines is 1. The van der Waals surface area contributed by atoms with Gasteiger partial charge in [-0.05, 0) is 30.9 Å². The molecule has 0 spiro atoms. The Balaban J connectivity index is 1.58. The molecule has 0 aliphatic heterocycles. The number of nitrogen functional groups attached to an aromatic ring is 1. The van der Waals surface area contributed by atoms with E-state index in [1.165, 1.54) is 0 Å². The topological polar surface area (TPSA) is 76.4 Å². The Morgan fingerprint density at radius 3 is 2.34 bits per heavy atom. The van der Waals surface area contributed by atoms with Crippen LogP contribution in [0.1, 0.15) is 42.6 Å². The molecule has 1 aliphatic carbocycles. The van der Waals surface area contributed by atoms with Gasteiger partial charge in [-0.1, -0.05) is 54.6 Å². The molecule has 3 N–H and O–H groups in total. The molecule has 5 rings (SSSR count). The fourth-order valence-corrected chi connectivity index (χ4v) is 4.55. The summed E-state index contributed by atoms with van der Waals surface area (Å²) in [6.07, 6.45) is 2.94. The van der Waals surface area contributed by atoms with Gasteiger partial charge in [-0.2, -0.15) is 8.78 Å². The summed E-state index contributed by atoms with van der Waals surface area (Å²) in [5.41, 5.74) is 8.37. The van der Waals surface area contributed by atoms with E-state index < -0.39 is 11.7 Å². The monoisotopic (exact) mass is 432 g/mol. The highest BCUT2D eigenvalue weighted by Gasteiger charge is 2.41. The number of halogens is 2. The maximum absolute atomic E-state index is 13.8. The average molecular weight is 432 g/mol. The van der Waals surface area contributed by atoms with Gasteiger partial charge in [0.15, 0.2) is 0 Å². The van der Waals surface area contributed by atoms with E-state index in [0.29, 0.717) is 41.0 Å². The molecule has 0 atom stereocenters. The molecular formula is C25H22F2N4O. The Bertz CT molecular complexity index is 1320. The Kier molecular flexibility index (Phi) is 4.78. The van der Waals surface area contributed by atoms with Crippen LogP contribution in [-0.2, 0) is 0 Å². The number of imidazole rings is 1. The molecule has 1 fully saturated rings. The van der Waals surface area contributed by atoms with Crippen LogP contribution >= 0.6 is 0 Å². The van der Waals surface area contributed by atoms with E-state index in [-0.39, 0.29) is 11.5 Å². The second kappa shape index (κ2) is 7.53. The Morgan fingerprint density at radius 1 is 1.06 bits per heavy atom. The van der Waals surface area contributed by atoms with Crippen LogP contribution in [0.4, 0.5) is 14.6 Å². The van der Waals surface area contributed by atoms with Gasteiger partial charge in [0, 0.05) is 23.9 Å². The van der Waals surface area contributed by atoms with Gasteiger partial charge in [-0.25, -0.2) is 9.97 Å². The Labute approximate surface area is 183 Å². The molecular weight excluding hydrogens is 410 g/mol. The largest absolute Gasteiger partial charge is 0.390 e. The summed E-state index contributed by atoms with van der Waals surface area (Å²) < 4.78 is 29.5. The normalized spacial score (nSPS) is 20.2. The van der Waals surface area contributed by atoms with Gasteiger partial charge < -0.3 is 10.8 Å². The second-order valence-corrected chi connectivity index (χ2v) is 8.53. The van der Waals surface area contributed by atoms with E-state index in [9.17, 15) is 13.9 Å². The number of hydrogen-bond acceptors (Lipinski definition) is 4. The first kappa shape index (κ1) is 20.3. The maximum atomic E-state index is 13.8.